The maximum absolute atomic E-state index is 14.1. The minimum absolute atomic E-state index is 0.276. The van der Waals surface area contributed by atoms with Crippen LogP contribution >= 0.6 is 0 Å². The van der Waals surface area contributed by atoms with Crippen molar-refractivity contribution in [3.05, 3.63) is 71.3 Å². The number of carbonyl (C=O) groups excluding carboxylic acids is 3. The Labute approximate surface area is 234 Å². The van der Waals surface area contributed by atoms with E-state index in [0.29, 0.717) is 17.9 Å². The van der Waals surface area contributed by atoms with Gasteiger partial charge < -0.3 is 20.3 Å². The lowest BCUT2D eigenvalue weighted by atomic mass is 9.96. The first-order chi connectivity index (χ1) is 18.2. The van der Waals surface area contributed by atoms with Crippen molar-refractivity contribution in [2.24, 2.45) is 5.92 Å². The second-order valence-electron chi connectivity index (χ2n) is 11.5. The van der Waals surface area contributed by atoms with E-state index in [-0.39, 0.29) is 24.4 Å². The molecule has 2 aromatic carbocycles. The zero-order valence-corrected chi connectivity index (χ0v) is 24.8. The molecule has 212 valence electrons. The summed E-state index contributed by atoms with van der Waals surface area (Å²) in [5, 5.41) is 5.67. The van der Waals surface area contributed by atoms with E-state index in [1.807, 2.05) is 63.2 Å². The summed E-state index contributed by atoms with van der Waals surface area (Å²) >= 11 is 0. The van der Waals surface area contributed by atoms with Gasteiger partial charge in [0.1, 0.15) is 18.2 Å². The lowest BCUT2D eigenvalue weighted by Gasteiger charge is -2.37. The standard InChI is InChI=1S/C32H45N3O4/c1-10-25-15-12-16-26(19-25)29(30(37)34-28-22(4)13-11-14-23(28)5)35(24(6)18-17-21(2)3)27(36)20-33-31(38)39-32(7,8)9/h10-16,19,21,24,29H,1,17-18,20H2,2-9H3,(H,33,38)(H,34,37). The summed E-state index contributed by atoms with van der Waals surface area (Å²) in [5.41, 5.74) is 3.39. The van der Waals surface area contributed by atoms with Gasteiger partial charge in [0, 0.05) is 11.7 Å². The Morgan fingerprint density at radius 3 is 2.18 bits per heavy atom. The van der Waals surface area contributed by atoms with Crippen molar-refractivity contribution in [1.82, 2.24) is 10.2 Å². The lowest BCUT2D eigenvalue weighted by Crippen LogP contribution is -2.50. The van der Waals surface area contributed by atoms with E-state index >= 15 is 0 Å². The fraction of sp³-hybridized carbons (Fsp3) is 0.469. The number of carbonyl (C=O) groups is 3. The zero-order valence-electron chi connectivity index (χ0n) is 24.8. The minimum Gasteiger partial charge on any atom is -0.444 e. The summed E-state index contributed by atoms with van der Waals surface area (Å²) < 4.78 is 5.32. The number of anilines is 1. The van der Waals surface area contributed by atoms with Crippen molar-refractivity contribution in [2.75, 3.05) is 11.9 Å². The van der Waals surface area contributed by atoms with Gasteiger partial charge in [-0.3, -0.25) is 9.59 Å². The van der Waals surface area contributed by atoms with Crippen molar-refractivity contribution in [1.29, 1.82) is 0 Å². The van der Waals surface area contributed by atoms with Gasteiger partial charge in [-0.1, -0.05) is 62.9 Å². The maximum atomic E-state index is 14.1. The second kappa shape index (κ2) is 14.0. The predicted octanol–water partition coefficient (Wildman–Crippen LogP) is 6.80. The number of hydrogen-bond acceptors (Lipinski definition) is 4. The maximum Gasteiger partial charge on any atom is 0.408 e. The first-order valence-corrected chi connectivity index (χ1v) is 13.6. The molecule has 0 heterocycles. The molecule has 39 heavy (non-hydrogen) atoms. The molecule has 0 fully saturated rings. The molecule has 2 rings (SSSR count). The SMILES string of the molecule is C=Cc1cccc(C(C(=O)Nc2c(C)cccc2C)N(C(=O)CNC(=O)OC(C)(C)C)C(C)CCC(C)C)c1. The average molecular weight is 536 g/mol. The molecule has 2 N–H and O–H groups in total. The Bertz CT molecular complexity index is 1150. The quantitative estimate of drug-likeness (QED) is 0.331. The van der Waals surface area contributed by atoms with Crippen LogP contribution in [0.4, 0.5) is 10.5 Å². The molecule has 0 aliphatic rings. The molecule has 7 nitrogen and oxygen atoms in total. The molecular weight excluding hydrogens is 490 g/mol. The molecule has 0 aliphatic carbocycles. The largest absolute Gasteiger partial charge is 0.444 e. The number of benzene rings is 2. The van der Waals surface area contributed by atoms with Crippen LogP contribution < -0.4 is 10.6 Å². The summed E-state index contributed by atoms with van der Waals surface area (Å²) in [4.78, 5) is 41.9. The van der Waals surface area contributed by atoms with Gasteiger partial charge in [0.2, 0.25) is 5.91 Å². The second-order valence-corrected chi connectivity index (χ2v) is 11.5. The van der Waals surface area contributed by atoms with Gasteiger partial charge in [-0.2, -0.15) is 0 Å². The molecule has 2 unspecified atom stereocenters. The van der Waals surface area contributed by atoms with Crippen LogP contribution in [0.2, 0.25) is 0 Å². The molecule has 3 amide bonds. The van der Waals surface area contributed by atoms with Crippen LogP contribution in [0.1, 0.15) is 82.7 Å². The van der Waals surface area contributed by atoms with Crippen molar-refractivity contribution in [2.45, 2.75) is 85.9 Å². The zero-order chi connectivity index (χ0) is 29.3. The monoisotopic (exact) mass is 535 g/mol. The van der Waals surface area contributed by atoms with Crippen molar-refractivity contribution >= 4 is 29.7 Å². The normalized spacial score (nSPS) is 12.8. The van der Waals surface area contributed by atoms with E-state index in [1.54, 1.807) is 31.7 Å². The predicted molar refractivity (Wildman–Crippen MR) is 158 cm³/mol. The molecule has 0 aliphatic heterocycles. The Morgan fingerprint density at radius 2 is 1.62 bits per heavy atom. The molecule has 7 heteroatoms. The summed E-state index contributed by atoms with van der Waals surface area (Å²) in [5.74, 6) is -0.270. The van der Waals surface area contributed by atoms with Crippen LogP contribution in [0.3, 0.4) is 0 Å². The van der Waals surface area contributed by atoms with E-state index in [0.717, 1.165) is 28.8 Å². The Balaban J connectivity index is 2.54. The fourth-order valence-corrected chi connectivity index (χ4v) is 4.41. The third-order valence-corrected chi connectivity index (χ3v) is 6.43. The highest BCUT2D eigenvalue weighted by Crippen LogP contribution is 2.30. The third-order valence-electron chi connectivity index (χ3n) is 6.43. The third kappa shape index (κ3) is 9.57. The van der Waals surface area contributed by atoms with Crippen molar-refractivity contribution < 1.29 is 19.1 Å². The molecule has 0 radical (unpaired) electrons. The van der Waals surface area contributed by atoms with E-state index < -0.39 is 17.7 Å². The Morgan fingerprint density at radius 1 is 1.00 bits per heavy atom. The van der Waals surface area contributed by atoms with Crippen LogP contribution in [0.25, 0.3) is 6.08 Å². The van der Waals surface area contributed by atoms with E-state index in [4.69, 9.17) is 4.74 Å². The average Bonchev–Trinajstić information content (AvgIpc) is 2.85. The number of alkyl carbamates (subject to hydrolysis) is 1. The van der Waals surface area contributed by atoms with E-state index in [1.165, 1.54) is 0 Å². The molecule has 0 saturated heterocycles. The number of hydrogen-bond donors (Lipinski definition) is 2. The number of aryl methyl sites for hydroxylation is 2. The van der Waals surface area contributed by atoms with Gasteiger partial charge in [-0.05, 0) is 88.6 Å². The number of nitrogens with zero attached hydrogens (tertiary/aromatic N) is 1. The topological polar surface area (TPSA) is 87.7 Å². The van der Waals surface area contributed by atoms with Crippen LogP contribution in [-0.2, 0) is 14.3 Å². The van der Waals surface area contributed by atoms with Gasteiger partial charge in [-0.15, -0.1) is 0 Å². The van der Waals surface area contributed by atoms with Crippen LogP contribution in [0, 0.1) is 19.8 Å². The fourth-order valence-electron chi connectivity index (χ4n) is 4.41. The molecule has 0 spiro atoms. The Hall–Kier alpha value is -3.61. The molecule has 2 atom stereocenters. The number of rotatable bonds is 11. The molecule has 2 aromatic rings. The van der Waals surface area contributed by atoms with Gasteiger partial charge in [0.15, 0.2) is 0 Å². The number of nitrogens with one attached hydrogen (secondary N) is 2. The van der Waals surface area contributed by atoms with Gasteiger partial charge in [-0.25, -0.2) is 4.79 Å². The molecule has 0 bridgehead atoms. The first kappa shape index (κ1) is 31.6. The minimum atomic E-state index is -0.931. The lowest BCUT2D eigenvalue weighted by molar-refractivity contribution is -0.140. The highest BCUT2D eigenvalue weighted by molar-refractivity contribution is 5.99. The van der Waals surface area contributed by atoms with Crippen molar-refractivity contribution in [3.8, 4) is 0 Å². The van der Waals surface area contributed by atoms with E-state index in [9.17, 15) is 14.4 Å². The summed E-state index contributed by atoms with van der Waals surface area (Å²) in [6.45, 7) is 18.9. The molecular formula is C32H45N3O4. The Kier molecular flexibility index (Phi) is 11.3. The summed E-state index contributed by atoms with van der Waals surface area (Å²) in [7, 11) is 0. The number of para-hydroxylation sites is 1. The van der Waals surface area contributed by atoms with Crippen LogP contribution in [-0.4, -0.2) is 41.0 Å². The number of amides is 3. The summed E-state index contributed by atoms with van der Waals surface area (Å²) in [6.07, 6.45) is 2.60. The van der Waals surface area contributed by atoms with Gasteiger partial charge in [0.25, 0.3) is 5.91 Å². The number of ether oxygens (including phenoxy) is 1. The highest BCUT2D eigenvalue weighted by atomic mass is 16.6. The smallest absolute Gasteiger partial charge is 0.408 e. The van der Waals surface area contributed by atoms with Crippen molar-refractivity contribution in [3.63, 3.8) is 0 Å². The molecule has 0 saturated carbocycles. The molecule has 0 aromatic heterocycles. The van der Waals surface area contributed by atoms with Crippen LogP contribution in [0.15, 0.2) is 49.0 Å². The van der Waals surface area contributed by atoms with Gasteiger partial charge in [0.05, 0.1) is 0 Å². The van der Waals surface area contributed by atoms with E-state index in [2.05, 4.69) is 31.1 Å². The van der Waals surface area contributed by atoms with Crippen LogP contribution in [0.5, 0.6) is 0 Å². The van der Waals surface area contributed by atoms with Gasteiger partial charge >= 0.3 is 6.09 Å². The summed E-state index contributed by atoms with van der Waals surface area (Å²) in [6, 6.07) is 12.1. The first-order valence-electron chi connectivity index (χ1n) is 13.6. The highest BCUT2D eigenvalue weighted by Gasteiger charge is 2.35.